The molecule has 2 fully saturated rings. The van der Waals surface area contributed by atoms with E-state index in [9.17, 15) is 8.42 Å². The van der Waals surface area contributed by atoms with Crippen molar-refractivity contribution >= 4 is 10.0 Å². The number of benzene rings is 1. The Labute approximate surface area is 145 Å². The quantitative estimate of drug-likeness (QED) is 0.853. The molecule has 2 aliphatic rings. The third-order valence-corrected chi connectivity index (χ3v) is 7.05. The van der Waals surface area contributed by atoms with E-state index in [0.29, 0.717) is 19.8 Å². The molecule has 24 heavy (non-hydrogen) atoms. The average Bonchev–Trinajstić information content (AvgIpc) is 3.11. The van der Waals surface area contributed by atoms with Crippen molar-refractivity contribution in [2.24, 2.45) is 0 Å². The molecule has 1 aromatic rings. The van der Waals surface area contributed by atoms with Gasteiger partial charge in [-0.1, -0.05) is 42.7 Å². The van der Waals surface area contributed by atoms with Gasteiger partial charge in [-0.25, -0.2) is 13.1 Å². The summed E-state index contributed by atoms with van der Waals surface area (Å²) in [5.41, 5.74) is 2.37. The lowest BCUT2D eigenvalue weighted by molar-refractivity contribution is 0.0172. The standard InChI is InChI=1S/C18H28N2O3S/c1-15-5-4-6-16(13-15)18(20-9-11-23-12-10-20)14-19-24(21,22)17-7-2-3-8-17/h4-6,13,17-19H,2-3,7-12,14H2,1H3. The minimum Gasteiger partial charge on any atom is -0.379 e. The minimum atomic E-state index is -3.22. The van der Waals surface area contributed by atoms with Crippen LogP contribution in [0.2, 0.25) is 0 Å². The number of nitrogens with zero attached hydrogens (tertiary/aromatic N) is 1. The Bertz CT molecular complexity index is 635. The lowest BCUT2D eigenvalue weighted by Gasteiger charge is -2.35. The summed E-state index contributed by atoms with van der Waals surface area (Å²) in [5.74, 6) is 0. The number of hydrogen-bond donors (Lipinski definition) is 1. The van der Waals surface area contributed by atoms with Crippen molar-refractivity contribution < 1.29 is 13.2 Å². The van der Waals surface area contributed by atoms with Crippen molar-refractivity contribution in [3.8, 4) is 0 Å². The first kappa shape index (κ1) is 17.9. The molecule has 3 rings (SSSR count). The maximum Gasteiger partial charge on any atom is 0.214 e. The molecular weight excluding hydrogens is 324 g/mol. The van der Waals surface area contributed by atoms with Crippen LogP contribution < -0.4 is 4.72 Å². The first-order chi connectivity index (χ1) is 11.6. The molecule has 0 bridgehead atoms. The topological polar surface area (TPSA) is 58.6 Å². The highest BCUT2D eigenvalue weighted by Crippen LogP contribution is 2.26. The Kier molecular flexibility index (Phi) is 5.92. The van der Waals surface area contributed by atoms with Gasteiger partial charge in [0.2, 0.25) is 10.0 Å². The lowest BCUT2D eigenvalue weighted by Crippen LogP contribution is -2.45. The van der Waals surface area contributed by atoms with Crippen molar-refractivity contribution in [1.82, 2.24) is 9.62 Å². The van der Waals surface area contributed by atoms with E-state index >= 15 is 0 Å². The summed E-state index contributed by atoms with van der Waals surface area (Å²) in [6.07, 6.45) is 3.64. The summed E-state index contributed by atoms with van der Waals surface area (Å²) in [6, 6.07) is 8.43. The van der Waals surface area contributed by atoms with Crippen LogP contribution in [0.25, 0.3) is 0 Å². The first-order valence-corrected chi connectivity index (χ1v) is 10.5. The highest BCUT2D eigenvalue weighted by molar-refractivity contribution is 7.90. The Morgan fingerprint density at radius 2 is 1.96 bits per heavy atom. The zero-order valence-corrected chi connectivity index (χ0v) is 15.2. The van der Waals surface area contributed by atoms with Gasteiger partial charge in [0.05, 0.1) is 18.5 Å². The highest BCUT2D eigenvalue weighted by atomic mass is 32.2. The molecule has 0 spiro atoms. The molecule has 0 radical (unpaired) electrons. The predicted molar refractivity (Wildman–Crippen MR) is 95.5 cm³/mol. The number of sulfonamides is 1. The van der Waals surface area contributed by atoms with E-state index in [2.05, 4.69) is 34.7 Å². The Morgan fingerprint density at radius 1 is 1.25 bits per heavy atom. The van der Waals surface area contributed by atoms with Crippen LogP contribution in [0.3, 0.4) is 0 Å². The average molecular weight is 353 g/mol. The third-order valence-electron chi connectivity index (χ3n) is 5.13. The second-order valence-electron chi connectivity index (χ2n) is 6.88. The summed E-state index contributed by atoms with van der Waals surface area (Å²) in [4.78, 5) is 2.33. The SMILES string of the molecule is Cc1cccc(C(CNS(=O)(=O)C2CCCC2)N2CCOCC2)c1. The van der Waals surface area contributed by atoms with E-state index in [4.69, 9.17) is 4.74 Å². The van der Waals surface area contributed by atoms with E-state index in [1.54, 1.807) is 0 Å². The molecule has 5 nitrogen and oxygen atoms in total. The molecule has 134 valence electrons. The van der Waals surface area contributed by atoms with E-state index in [0.717, 1.165) is 38.8 Å². The summed E-state index contributed by atoms with van der Waals surface area (Å²) < 4.78 is 33.5. The molecule has 1 unspecified atom stereocenters. The van der Waals surface area contributed by atoms with Gasteiger partial charge in [0.1, 0.15) is 0 Å². The fourth-order valence-electron chi connectivity index (χ4n) is 3.74. The predicted octanol–water partition coefficient (Wildman–Crippen LogP) is 2.23. The van der Waals surface area contributed by atoms with Gasteiger partial charge in [0, 0.05) is 25.7 Å². The maximum absolute atomic E-state index is 12.6. The van der Waals surface area contributed by atoms with Crippen molar-refractivity contribution in [1.29, 1.82) is 0 Å². The van der Waals surface area contributed by atoms with Gasteiger partial charge in [-0.05, 0) is 25.3 Å². The molecule has 1 saturated carbocycles. The molecule has 0 aromatic heterocycles. The molecule has 1 N–H and O–H groups in total. The zero-order valence-electron chi connectivity index (χ0n) is 14.4. The Morgan fingerprint density at radius 3 is 2.62 bits per heavy atom. The number of rotatable bonds is 6. The van der Waals surface area contributed by atoms with Crippen molar-refractivity contribution in [3.63, 3.8) is 0 Å². The smallest absolute Gasteiger partial charge is 0.214 e. The largest absolute Gasteiger partial charge is 0.379 e. The van der Waals surface area contributed by atoms with Crippen LogP contribution in [0.1, 0.15) is 42.9 Å². The second kappa shape index (κ2) is 7.95. The van der Waals surface area contributed by atoms with Gasteiger partial charge in [0.25, 0.3) is 0 Å². The molecular formula is C18H28N2O3S. The van der Waals surface area contributed by atoms with E-state index < -0.39 is 10.0 Å². The zero-order chi connectivity index (χ0) is 17.0. The molecule has 1 saturated heterocycles. The third kappa shape index (κ3) is 4.36. The monoisotopic (exact) mass is 352 g/mol. The highest BCUT2D eigenvalue weighted by Gasteiger charge is 2.30. The number of hydrogen-bond acceptors (Lipinski definition) is 4. The van der Waals surface area contributed by atoms with Crippen LogP contribution >= 0.6 is 0 Å². The van der Waals surface area contributed by atoms with Gasteiger partial charge in [-0.2, -0.15) is 0 Å². The van der Waals surface area contributed by atoms with E-state index in [1.165, 1.54) is 11.1 Å². The maximum atomic E-state index is 12.6. The summed E-state index contributed by atoms with van der Waals surface area (Å²) >= 11 is 0. The van der Waals surface area contributed by atoms with Crippen LogP contribution in [-0.4, -0.2) is 51.4 Å². The van der Waals surface area contributed by atoms with Gasteiger partial charge >= 0.3 is 0 Å². The van der Waals surface area contributed by atoms with Gasteiger partial charge < -0.3 is 4.74 Å². The summed E-state index contributed by atoms with van der Waals surface area (Å²) in [7, 11) is -3.22. The van der Waals surface area contributed by atoms with E-state index in [1.807, 2.05) is 6.07 Å². The van der Waals surface area contributed by atoms with Crippen LogP contribution in [0.4, 0.5) is 0 Å². The van der Waals surface area contributed by atoms with Crippen molar-refractivity contribution in [3.05, 3.63) is 35.4 Å². The van der Waals surface area contributed by atoms with Crippen LogP contribution in [0, 0.1) is 6.92 Å². The number of nitrogens with one attached hydrogen (secondary N) is 1. The molecule has 1 aliphatic carbocycles. The molecule has 1 aromatic carbocycles. The molecule has 0 amide bonds. The van der Waals surface area contributed by atoms with Crippen LogP contribution in [0.15, 0.2) is 24.3 Å². The van der Waals surface area contributed by atoms with E-state index in [-0.39, 0.29) is 11.3 Å². The molecule has 1 heterocycles. The van der Waals surface area contributed by atoms with Crippen molar-refractivity contribution in [2.75, 3.05) is 32.8 Å². The molecule has 1 atom stereocenters. The normalized spacial score (nSPS) is 21.9. The van der Waals surface area contributed by atoms with Crippen LogP contribution in [-0.2, 0) is 14.8 Å². The van der Waals surface area contributed by atoms with Gasteiger partial charge in [-0.3, -0.25) is 4.90 Å². The fraction of sp³-hybridized carbons (Fsp3) is 0.667. The van der Waals surface area contributed by atoms with Gasteiger partial charge in [0.15, 0.2) is 0 Å². The number of aryl methyl sites for hydroxylation is 1. The second-order valence-corrected chi connectivity index (χ2v) is 8.92. The minimum absolute atomic E-state index is 0.0602. The molecule has 6 heteroatoms. The van der Waals surface area contributed by atoms with Crippen LogP contribution in [0.5, 0.6) is 0 Å². The summed E-state index contributed by atoms with van der Waals surface area (Å²) in [5, 5.41) is -0.208. The van der Waals surface area contributed by atoms with Gasteiger partial charge in [-0.15, -0.1) is 0 Å². The Balaban J connectivity index is 1.74. The Hall–Kier alpha value is -0.950. The number of morpholine rings is 1. The first-order valence-electron chi connectivity index (χ1n) is 8.93. The molecule has 1 aliphatic heterocycles. The lowest BCUT2D eigenvalue weighted by atomic mass is 10.0. The van der Waals surface area contributed by atoms with Crippen molar-refractivity contribution in [2.45, 2.75) is 43.9 Å². The summed E-state index contributed by atoms with van der Waals surface area (Å²) in [6.45, 7) is 5.59. The number of ether oxygens (including phenoxy) is 1. The fourth-order valence-corrected chi connectivity index (χ4v) is 5.32.